The van der Waals surface area contributed by atoms with Crippen LogP contribution < -0.4 is 10.6 Å². The predicted octanol–water partition coefficient (Wildman–Crippen LogP) is 1.28. The molecule has 1 spiro atoms. The molecule has 0 radical (unpaired) electrons. The van der Waals surface area contributed by atoms with E-state index in [9.17, 15) is 9.59 Å². The zero-order chi connectivity index (χ0) is 17.9. The van der Waals surface area contributed by atoms with Crippen LogP contribution in [-0.4, -0.2) is 66.0 Å². The summed E-state index contributed by atoms with van der Waals surface area (Å²) >= 11 is 1.71. The second kappa shape index (κ2) is 7.70. The molecule has 0 aromatic carbocycles. The second-order valence-electron chi connectivity index (χ2n) is 7.13. The van der Waals surface area contributed by atoms with Crippen LogP contribution in [0.4, 0.5) is 4.79 Å². The highest BCUT2D eigenvalue weighted by molar-refractivity contribution is 7.09. The van der Waals surface area contributed by atoms with Crippen molar-refractivity contribution in [3.8, 4) is 0 Å². The van der Waals surface area contributed by atoms with Gasteiger partial charge in [0.05, 0.1) is 6.54 Å². The zero-order valence-electron chi connectivity index (χ0n) is 15.0. The number of likely N-dealkylation sites (tertiary alicyclic amines) is 1. The van der Waals surface area contributed by atoms with Crippen molar-refractivity contribution in [3.05, 3.63) is 16.6 Å². The van der Waals surface area contributed by atoms with Crippen LogP contribution in [0.1, 0.15) is 31.2 Å². The predicted molar refractivity (Wildman–Crippen MR) is 97.3 cm³/mol. The van der Waals surface area contributed by atoms with E-state index in [1.165, 1.54) is 18.4 Å². The van der Waals surface area contributed by atoms with Crippen LogP contribution >= 0.6 is 11.3 Å². The Balaban J connectivity index is 1.39. The third-order valence-corrected chi connectivity index (χ3v) is 6.13. The first-order chi connectivity index (χ1) is 12.0. The molecule has 0 unspecified atom stereocenters. The molecule has 25 heavy (non-hydrogen) atoms. The topological polar surface area (TPSA) is 77.6 Å². The van der Waals surface area contributed by atoms with E-state index in [0.717, 1.165) is 32.5 Å². The first-order valence-electron chi connectivity index (χ1n) is 8.86. The Morgan fingerprint density at radius 2 is 2.08 bits per heavy atom. The molecule has 1 saturated heterocycles. The molecule has 1 aromatic rings. The molecular weight excluding hydrogens is 338 g/mol. The van der Waals surface area contributed by atoms with Crippen molar-refractivity contribution < 1.29 is 9.59 Å². The first-order valence-corrected chi connectivity index (χ1v) is 9.74. The average molecular weight is 366 g/mol. The molecule has 3 rings (SSSR count). The molecule has 2 fully saturated rings. The minimum absolute atomic E-state index is 0.0199. The summed E-state index contributed by atoms with van der Waals surface area (Å²) in [4.78, 5) is 31.7. The van der Waals surface area contributed by atoms with Crippen LogP contribution in [-0.2, 0) is 11.3 Å². The Labute approximate surface area is 152 Å². The Bertz CT molecular complexity index is 598. The summed E-state index contributed by atoms with van der Waals surface area (Å²) in [6, 6.07) is 0.593. The van der Waals surface area contributed by atoms with Crippen LogP contribution in [0.15, 0.2) is 11.6 Å². The number of carbonyl (C=O) groups is 2. The van der Waals surface area contributed by atoms with E-state index >= 15 is 0 Å². The lowest BCUT2D eigenvalue weighted by atomic mass is 9.92. The third kappa shape index (κ3) is 4.49. The van der Waals surface area contributed by atoms with Crippen LogP contribution in [0.5, 0.6) is 0 Å². The van der Waals surface area contributed by atoms with Gasteiger partial charge in [-0.2, -0.15) is 0 Å². The fraction of sp³-hybridized carbons (Fsp3) is 0.706. The molecular formula is C17H27N5O2S. The molecule has 138 valence electrons. The van der Waals surface area contributed by atoms with E-state index in [0.29, 0.717) is 24.5 Å². The Hall–Kier alpha value is -1.67. The van der Waals surface area contributed by atoms with Crippen LogP contribution in [0.25, 0.3) is 0 Å². The monoisotopic (exact) mass is 365 g/mol. The van der Waals surface area contributed by atoms with Gasteiger partial charge in [-0.3, -0.25) is 9.69 Å². The maximum atomic E-state index is 12.2. The number of amides is 3. The third-order valence-electron chi connectivity index (χ3n) is 5.37. The largest absolute Gasteiger partial charge is 0.355 e. The zero-order valence-corrected chi connectivity index (χ0v) is 15.8. The summed E-state index contributed by atoms with van der Waals surface area (Å²) in [6.07, 6.45) is 5.23. The summed E-state index contributed by atoms with van der Waals surface area (Å²) in [7, 11) is 2.18. The first kappa shape index (κ1) is 18.1. The van der Waals surface area contributed by atoms with Crippen molar-refractivity contribution in [2.75, 3.05) is 33.2 Å². The number of hydrogen-bond donors (Lipinski definition) is 2. The molecule has 1 aromatic heterocycles. The molecule has 0 bridgehead atoms. The van der Waals surface area contributed by atoms with Gasteiger partial charge in [0.15, 0.2) is 0 Å². The number of nitrogens with one attached hydrogen (secondary N) is 2. The Morgan fingerprint density at radius 1 is 1.36 bits per heavy atom. The lowest BCUT2D eigenvalue weighted by Crippen LogP contribution is -2.47. The van der Waals surface area contributed by atoms with E-state index in [2.05, 4.69) is 27.6 Å². The summed E-state index contributed by atoms with van der Waals surface area (Å²) < 4.78 is 0. The number of carbonyl (C=O) groups excluding carboxylic acids is 2. The fourth-order valence-corrected chi connectivity index (χ4v) is 4.50. The molecule has 1 saturated carbocycles. The fourth-order valence-electron chi connectivity index (χ4n) is 3.82. The van der Waals surface area contributed by atoms with Crippen molar-refractivity contribution in [2.24, 2.45) is 5.41 Å². The molecule has 7 nitrogen and oxygen atoms in total. The molecule has 2 aliphatic rings. The number of aromatic nitrogens is 1. The van der Waals surface area contributed by atoms with Gasteiger partial charge >= 0.3 is 6.03 Å². The highest BCUT2D eigenvalue weighted by atomic mass is 32.1. The second-order valence-corrected chi connectivity index (χ2v) is 8.10. The Kier molecular flexibility index (Phi) is 5.58. The van der Waals surface area contributed by atoms with Gasteiger partial charge in [0.25, 0.3) is 0 Å². The number of urea groups is 1. The van der Waals surface area contributed by atoms with E-state index in [4.69, 9.17) is 0 Å². The number of piperidine rings is 1. The normalized spacial score (nSPS) is 21.4. The van der Waals surface area contributed by atoms with Gasteiger partial charge in [0.1, 0.15) is 5.01 Å². The smallest absolute Gasteiger partial charge is 0.317 e. The molecule has 1 aliphatic carbocycles. The average Bonchev–Trinajstić information content (AvgIpc) is 3.03. The summed E-state index contributed by atoms with van der Waals surface area (Å²) in [5.41, 5.74) is 0.388. The van der Waals surface area contributed by atoms with Crippen LogP contribution in [0, 0.1) is 5.41 Å². The van der Waals surface area contributed by atoms with Crippen molar-refractivity contribution in [3.63, 3.8) is 0 Å². The Morgan fingerprint density at radius 3 is 2.72 bits per heavy atom. The van der Waals surface area contributed by atoms with Crippen molar-refractivity contribution in [2.45, 2.75) is 38.8 Å². The summed E-state index contributed by atoms with van der Waals surface area (Å²) in [5.74, 6) is -0.0733. The van der Waals surface area contributed by atoms with E-state index in [1.807, 2.05) is 16.5 Å². The van der Waals surface area contributed by atoms with Crippen LogP contribution in [0.2, 0.25) is 0 Å². The number of nitrogens with zero attached hydrogens (tertiary/aromatic N) is 3. The minimum atomic E-state index is -0.0733. The molecule has 8 heteroatoms. The van der Waals surface area contributed by atoms with E-state index in [1.54, 1.807) is 11.3 Å². The summed E-state index contributed by atoms with van der Waals surface area (Å²) in [5, 5.41) is 8.75. The number of thiazole rings is 1. The van der Waals surface area contributed by atoms with E-state index in [-0.39, 0.29) is 11.9 Å². The van der Waals surface area contributed by atoms with Crippen molar-refractivity contribution in [1.82, 2.24) is 25.4 Å². The molecule has 2 N–H and O–H groups in total. The SMILES string of the molecule is CC(=O)NCCNC(=O)N1CCC2(CC1)C[C@@H]2N(C)Cc1nccs1. The highest BCUT2D eigenvalue weighted by Gasteiger charge is 2.56. The van der Waals surface area contributed by atoms with Gasteiger partial charge in [0.2, 0.25) is 5.91 Å². The highest BCUT2D eigenvalue weighted by Crippen LogP contribution is 2.56. The van der Waals surface area contributed by atoms with Crippen molar-refractivity contribution in [1.29, 1.82) is 0 Å². The standard InChI is InChI=1S/C17H27N5O2S/c1-13(23)18-5-6-20-16(24)22-8-3-17(4-9-22)11-14(17)21(2)12-15-19-7-10-25-15/h7,10,14H,3-6,8-9,11-12H2,1-2H3,(H,18,23)(H,20,24)/t14-/m0/s1. The van der Waals surface area contributed by atoms with Crippen molar-refractivity contribution >= 4 is 23.3 Å². The van der Waals surface area contributed by atoms with Gasteiger partial charge in [-0.25, -0.2) is 9.78 Å². The lowest BCUT2D eigenvalue weighted by molar-refractivity contribution is -0.118. The molecule has 1 atom stereocenters. The van der Waals surface area contributed by atoms with E-state index < -0.39 is 0 Å². The molecule has 2 heterocycles. The number of rotatable bonds is 6. The van der Waals surface area contributed by atoms with Gasteiger partial charge in [-0.05, 0) is 31.7 Å². The maximum absolute atomic E-state index is 12.2. The number of hydrogen-bond acceptors (Lipinski definition) is 5. The summed E-state index contributed by atoms with van der Waals surface area (Å²) in [6.45, 7) is 4.96. The van der Waals surface area contributed by atoms with Gasteiger partial charge in [-0.15, -0.1) is 11.3 Å². The molecule has 3 amide bonds. The minimum Gasteiger partial charge on any atom is -0.355 e. The molecule has 1 aliphatic heterocycles. The van der Waals surface area contributed by atoms with Gasteiger partial charge < -0.3 is 15.5 Å². The maximum Gasteiger partial charge on any atom is 0.317 e. The lowest BCUT2D eigenvalue weighted by Gasteiger charge is -2.34. The van der Waals surface area contributed by atoms with Crippen LogP contribution in [0.3, 0.4) is 0 Å². The quantitative estimate of drug-likeness (QED) is 0.745. The van der Waals surface area contributed by atoms with Gasteiger partial charge in [0, 0.05) is 50.7 Å². The van der Waals surface area contributed by atoms with Gasteiger partial charge in [-0.1, -0.05) is 0 Å².